The Balaban J connectivity index is 1.96. The van der Waals surface area contributed by atoms with Gasteiger partial charge in [-0.25, -0.2) is 4.57 Å². The van der Waals surface area contributed by atoms with E-state index < -0.39 is 5.25 Å². The third-order valence-electron chi connectivity index (χ3n) is 5.28. The van der Waals surface area contributed by atoms with Crippen LogP contribution in [0.3, 0.4) is 0 Å². The fourth-order valence-electron chi connectivity index (χ4n) is 3.48. The van der Waals surface area contributed by atoms with Crippen molar-refractivity contribution >= 4 is 34.3 Å². The van der Waals surface area contributed by atoms with Crippen LogP contribution in [0.15, 0.2) is 65.1 Å². The molecule has 2 aromatic carbocycles. The Kier molecular flexibility index (Phi) is 5.65. The van der Waals surface area contributed by atoms with Gasteiger partial charge in [0, 0.05) is 6.54 Å². The maximum absolute atomic E-state index is 13.5. The van der Waals surface area contributed by atoms with Crippen LogP contribution in [0.1, 0.15) is 18.1 Å². The van der Waals surface area contributed by atoms with E-state index in [1.54, 1.807) is 16.7 Å². The van der Waals surface area contributed by atoms with Crippen molar-refractivity contribution in [3.8, 4) is 5.69 Å². The van der Waals surface area contributed by atoms with Crippen molar-refractivity contribution < 1.29 is 4.79 Å². The molecular weight excluding hydrogens is 410 g/mol. The van der Waals surface area contributed by atoms with Crippen LogP contribution in [-0.2, 0) is 4.79 Å². The second kappa shape index (κ2) is 8.39. The fraction of sp³-hybridized carbons (Fsp3) is 0.217. The lowest BCUT2D eigenvalue weighted by Gasteiger charge is -2.15. The fourth-order valence-corrected chi connectivity index (χ4v) is 4.36. The normalized spacial score (nSPS) is 12.2. The third-order valence-corrected chi connectivity index (χ3v) is 6.33. The molecule has 2 heterocycles. The van der Waals surface area contributed by atoms with Gasteiger partial charge in [-0.3, -0.25) is 14.0 Å². The summed E-state index contributed by atoms with van der Waals surface area (Å²) in [6.45, 7) is 9.83. The van der Waals surface area contributed by atoms with E-state index in [4.69, 9.17) is 0 Å². The predicted molar refractivity (Wildman–Crippen MR) is 124 cm³/mol. The molecule has 1 amide bonds. The molecule has 0 saturated carbocycles. The van der Waals surface area contributed by atoms with Crippen molar-refractivity contribution in [3.05, 3.63) is 76.6 Å². The standard InChI is InChI=1S/C23H23N5O2S/c1-5-13-24-20(29)16(4)31-23-26-25-22-27(18-12-8-9-14(2)15(18)3)21(30)17-10-6-7-11-19(17)28(22)23/h5-12,16H,1,13H2,2-4H3,(H,24,29). The summed E-state index contributed by atoms with van der Waals surface area (Å²) in [6.07, 6.45) is 1.64. The Morgan fingerprint density at radius 3 is 2.74 bits per heavy atom. The number of para-hydroxylation sites is 1. The second-order valence-corrected chi connectivity index (χ2v) is 8.60. The Labute approximate surface area is 183 Å². The molecule has 2 aromatic heterocycles. The Morgan fingerprint density at radius 1 is 1.19 bits per heavy atom. The Morgan fingerprint density at radius 2 is 1.97 bits per heavy atom. The summed E-state index contributed by atoms with van der Waals surface area (Å²) in [5.74, 6) is 0.299. The molecule has 4 aromatic rings. The van der Waals surface area contributed by atoms with E-state index in [0.717, 1.165) is 16.8 Å². The molecule has 158 valence electrons. The number of nitrogens with zero attached hydrogens (tertiary/aromatic N) is 4. The molecule has 1 unspecified atom stereocenters. The van der Waals surface area contributed by atoms with Crippen LogP contribution in [-0.4, -0.2) is 36.9 Å². The van der Waals surface area contributed by atoms with Gasteiger partial charge in [-0.05, 0) is 50.1 Å². The molecule has 7 nitrogen and oxygen atoms in total. The first-order chi connectivity index (χ1) is 14.9. The van der Waals surface area contributed by atoms with Crippen LogP contribution in [0.5, 0.6) is 0 Å². The highest BCUT2D eigenvalue weighted by Crippen LogP contribution is 2.27. The zero-order valence-corrected chi connectivity index (χ0v) is 18.4. The monoisotopic (exact) mass is 433 g/mol. The summed E-state index contributed by atoms with van der Waals surface area (Å²) in [7, 11) is 0. The summed E-state index contributed by atoms with van der Waals surface area (Å²) < 4.78 is 3.45. The average Bonchev–Trinajstić information content (AvgIpc) is 3.18. The van der Waals surface area contributed by atoms with E-state index in [0.29, 0.717) is 28.4 Å². The number of thioether (sulfide) groups is 1. The number of amides is 1. The zero-order valence-electron chi connectivity index (χ0n) is 17.6. The Hall–Kier alpha value is -3.39. The largest absolute Gasteiger partial charge is 0.352 e. The molecule has 0 fully saturated rings. The van der Waals surface area contributed by atoms with Gasteiger partial charge in [-0.1, -0.05) is 42.1 Å². The minimum absolute atomic E-state index is 0.117. The van der Waals surface area contributed by atoms with Gasteiger partial charge in [-0.2, -0.15) is 0 Å². The van der Waals surface area contributed by atoms with E-state index in [1.807, 2.05) is 61.6 Å². The SMILES string of the molecule is C=CCNC(=O)C(C)Sc1nnc2n(-c3cccc(C)c3C)c(=O)c3ccccc3n12. The third kappa shape index (κ3) is 3.63. The molecule has 0 saturated heterocycles. The highest BCUT2D eigenvalue weighted by Gasteiger charge is 2.22. The van der Waals surface area contributed by atoms with Gasteiger partial charge >= 0.3 is 0 Å². The maximum Gasteiger partial charge on any atom is 0.267 e. The van der Waals surface area contributed by atoms with Crippen molar-refractivity contribution in [2.24, 2.45) is 0 Å². The summed E-state index contributed by atoms with van der Waals surface area (Å²) in [5.41, 5.74) is 3.39. The number of fused-ring (bicyclic) bond motifs is 3. The highest BCUT2D eigenvalue weighted by atomic mass is 32.2. The first-order valence-corrected chi connectivity index (χ1v) is 10.8. The van der Waals surface area contributed by atoms with Crippen molar-refractivity contribution in [2.45, 2.75) is 31.2 Å². The lowest BCUT2D eigenvalue weighted by atomic mass is 10.1. The molecule has 1 atom stereocenters. The quantitative estimate of drug-likeness (QED) is 0.372. The van der Waals surface area contributed by atoms with Gasteiger partial charge in [0.15, 0.2) is 5.16 Å². The molecule has 4 rings (SSSR count). The number of rotatable bonds is 6. The number of carbonyl (C=O) groups excluding carboxylic acids is 1. The Bertz CT molecular complexity index is 1370. The topological polar surface area (TPSA) is 81.3 Å². The van der Waals surface area contributed by atoms with Crippen LogP contribution >= 0.6 is 11.8 Å². The van der Waals surface area contributed by atoms with Gasteiger partial charge in [0.25, 0.3) is 5.56 Å². The molecular formula is C23H23N5O2S. The van der Waals surface area contributed by atoms with Crippen molar-refractivity contribution in [1.29, 1.82) is 0 Å². The minimum atomic E-state index is -0.396. The molecule has 1 N–H and O–H groups in total. The summed E-state index contributed by atoms with van der Waals surface area (Å²) in [6, 6.07) is 13.2. The molecule has 0 radical (unpaired) electrons. The number of aryl methyl sites for hydroxylation is 1. The smallest absolute Gasteiger partial charge is 0.267 e. The van der Waals surface area contributed by atoms with E-state index >= 15 is 0 Å². The lowest BCUT2D eigenvalue weighted by Crippen LogP contribution is -2.31. The van der Waals surface area contributed by atoms with Gasteiger partial charge in [-0.15, -0.1) is 16.8 Å². The maximum atomic E-state index is 13.5. The van der Waals surface area contributed by atoms with Crippen LogP contribution in [0, 0.1) is 13.8 Å². The van der Waals surface area contributed by atoms with Crippen LogP contribution < -0.4 is 10.9 Å². The number of carbonyl (C=O) groups is 1. The first-order valence-electron chi connectivity index (χ1n) is 9.94. The zero-order chi connectivity index (χ0) is 22.1. The highest BCUT2D eigenvalue weighted by molar-refractivity contribution is 8.00. The first kappa shape index (κ1) is 20.9. The molecule has 0 aliphatic rings. The van der Waals surface area contributed by atoms with Crippen molar-refractivity contribution in [2.75, 3.05) is 6.54 Å². The predicted octanol–water partition coefficient (Wildman–Crippen LogP) is 3.43. The molecule has 8 heteroatoms. The van der Waals surface area contributed by atoms with Crippen LogP contribution in [0.25, 0.3) is 22.4 Å². The molecule has 31 heavy (non-hydrogen) atoms. The molecule has 0 bridgehead atoms. The minimum Gasteiger partial charge on any atom is -0.352 e. The summed E-state index contributed by atoms with van der Waals surface area (Å²) in [4.78, 5) is 25.8. The molecule has 0 aliphatic heterocycles. The summed E-state index contributed by atoms with van der Waals surface area (Å²) in [5, 5.41) is 12.2. The number of hydrogen-bond acceptors (Lipinski definition) is 5. The number of nitrogens with one attached hydrogen (secondary N) is 1. The molecule has 0 spiro atoms. The van der Waals surface area contributed by atoms with Crippen LogP contribution in [0.2, 0.25) is 0 Å². The van der Waals surface area contributed by atoms with Gasteiger partial charge < -0.3 is 5.32 Å². The van der Waals surface area contributed by atoms with Crippen LogP contribution in [0.4, 0.5) is 0 Å². The van der Waals surface area contributed by atoms with Gasteiger partial charge in [0.2, 0.25) is 11.7 Å². The van der Waals surface area contributed by atoms with Crippen molar-refractivity contribution in [3.63, 3.8) is 0 Å². The average molecular weight is 434 g/mol. The number of aromatic nitrogens is 4. The lowest BCUT2D eigenvalue weighted by molar-refractivity contribution is -0.120. The second-order valence-electron chi connectivity index (χ2n) is 7.29. The van der Waals surface area contributed by atoms with Gasteiger partial charge in [0.1, 0.15) is 0 Å². The van der Waals surface area contributed by atoms with Crippen molar-refractivity contribution in [1.82, 2.24) is 24.5 Å². The summed E-state index contributed by atoms with van der Waals surface area (Å²) >= 11 is 1.30. The van der Waals surface area contributed by atoms with E-state index in [1.165, 1.54) is 11.8 Å². The van der Waals surface area contributed by atoms with Gasteiger partial charge in [0.05, 0.1) is 21.8 Å². The molecule has 0 aliphatic carbocycles. The van der Waals surface area contributed by atoms with E-state index in [9.17, 15) is 9.59 Å². The number of hydrogen-bond donors (Lipinski definition) is 1. The number of benzene rings is 2. The van der Waals surface area contributed by atoms with E-state index in [2.05, 4.69) is 22.1 Å². The van der Waals surface area contributed by atoms with E-state index in [-0.39, 0.29) is 11.5 Å².